The second kappa shape index (κ2) is 1.97. The van der Waals surface area contributed by atoms with Crippen LogP contribution in [0.5, 0.6) is 0 Å². The lowest BCUT2D eigenvalue weighted by atomic mass is 9.93. The van der Waals surface area contributed by atoms with Gasteiger partial charge in [0.25, 0.3) is 0 Å². The Morgan fingerprint density at radius 3 is 2.78 bits per heavy atom. The second-order valence-electron chi connectivity index (χ2n) is 2.53. The van der Waals surface area contributed by atoms with Gasteiger partial charge in [0.15, 0.2) is 0 Å². The van der Waals surface area contributed by atoms with E-state index in [1.54, 1.807) is 6.92 Å². The first kappa shape index (κ1) is 6.51. The first-order chi connectivity index (χ1) is 4.19. The number of rotatable bonds is 1. The van der Waals surface area contributed by atoms with Crippen LogP contribution in [-0.2, 0) is 4.79 Å². The van der Waals surface area contributed by atoms with Crippen LogP contribution in [0.2, 0.25) is 0 Å². The molecule has 0 saturated carbocycles. The highest BCUT2D eigenvalue weighted by molar-refractivity contribution is 5.83. The maximum absolute atomic E-state index is 10.8. The minimum Gasteiger partial charge on any atom is -0.395 e. The van der Waals surface area contributed by atoms with Gasteiger partial charge < -0.3 is 5.11 Å². The minimum absolute atomic E-state index is 0.105. The van der Waals surface area contributed by atoms with Crippen LogP contribution < -0.4 is 10.9 Å². The molecule has 0 aromatic heterocycles. The molecule has 0 aliphatic carbocycles. The molecule has 1 fully saturated rings. The van der Waals surface area contributed by atoms with Gasteiger partial charge in [-0.3, -0.25) is 10.2 Å². The van der Waals surface area contributed by atoms with Crippen molar-refractivity contribution in [2.45, 2.75) is 6.92 Å². The largest absolute Gasteiger partial charge is 0.395 e. The summed E-state index contributed by atoms with van der Waals surface area (Å²) in [6.07, 6.45) is 0. The summed E-state index contributed by atoms with van der Waals surface area (Å²) in [4.78, 5) is 10.8. The van der Waals surface area contributed by atoms with Gasteiger partial charge in [-0.05, 0) is 6.92 Å². The number of carbonyl (C=O) groups excluding carboxylic acids is 1. The van der Waals surface area contributed by atoms with E-state index in [1.165, 1.54) is 0 Å². The van der Waals surface area contributed by atoms with Gasteiger partial charge in [-0.2, -0.15) is 0 Å². The zero-order valence-electron chi connectivity index (χ0n) is 5.27. The second-order valence-corrected chi connectivity index (χ2v) is 2.53. The summed E-state index contributed by atoms with van der Waals surface area (Å²) in [5, 5.41) is 8.69. The van der Waals surface area contributed by atoms with Gasteiger partial charge in [-0.15, -0.1) is 0 Å². The summed E-state index contributed by atoms with van der Waals surface area (Å²) in [5.74, 6) is -0.134. The molecule has 1 aliphatic heterocycles. The molecule has 0 spiro atoms. The molecule has 1 amide bonds. The van der Waals surface area contributed by atoms with Gasteiger partial charge in [0, 0.05) is 6.54 Å². The zero-order valence-corrected chi connectivity index (χ0v) is 5.27. The Kier molecular flexibility index (Phi) is 1.42. The molecule has 1 rings (SSSR count). The van der Waals surface area contributed by atoms with Crippen molar-refractivity contribution in [1.29, 1.82) is 0 Å². The molecule has 0 aromatic rings. The summed E-state index contributed by atoms with van der Waals surface area (Å²) in [6, 6.07) is 0. The number of amides is 1. The number of nitrogens with one attached hydrogen (secondary N) is 2. The number of aliphatic hydroxyl groups excluding tert-OH is 1. The van der Waals surface area contributed by atoms with Gasteiger partial charge in [0.1, 0.15) is 0 Å². The summed E-state index contributed by atoms with van der Waals surface area (Å²) >= 11 is 0. The Hall–Kier alpha value is -0.610. The van der Waals surface area contributed by atoms with Crippen molar-refractivity contribution in [1.82, 2.24) is 10.9 Å². The molecule has 1 heterocycles. The lowest BCUT2D eigenvalue weighted by molar-refractivity contribution is -0.128. The highest BCUT2D eigenvalue weighted by Crippen LogP contribution is 2.16. The van der Waals surface area contributed by atoms with E-state index in [4.69, 9.17) is 5.11 Å². The van der Waals surface area contributed by atoms with E-state index in [0.717, 1.165) is 0 Å². The summed E-state index contributed by atoms with van der Waals surface area (Å²) < 4.78 is 0. The molecule has 1 aliphatic rings. The van der Waals surface area contributed by atoms with Crippen LogP contribution in [0.25, 0.3) is 0 Å². The van der Waals surface area contributed by atoms with E-state index in [0.29, 0.717) is 6.54 Å². The Morgan fingerprint density at radius 2 is 2.56 bits per heavy atom. The SMILES string of the molecule is CC1(CO)CNNC1=O. The maximum atomic E-state index is 10.8. The van der Waals surface area contributed by atoms with Crippen LogP contribution in [0.3, 0.4) is 0 Å². The number of carbonyl (C=O) groups is 1. The molecule has 1 unspecified atom stereocenters. The van der Waals surface area contributed by atoms with Crippen molar-refractivity contribution < 1.29 is 9.90 Å². The van der Waals surface area contributed by atoms with Gasteiger partial charge in [0.2, 0.25) is 5.91 Å². The van der Waals surface area contributed by atoms with E-state index >= 15 is 0 Å². The molecule has 0 aromatic carbocycles. The van der Waals surface area contributed by atoms with Crippen molar-refractivity contribution >= 4 is 5.91 Å². The average molecular weight is 130 g/mol. The Labute approximate surface area is 53.2 Å². The molecule has 0 bridgehead atoms. The minimum atomic E-state index is -0.611. The third-order valence-electron chi connectivity index (χ3n) is 1.58. The fraction of sp³-hybridized carbons (Fsp3) is 0.800. The van der Waals surface area contributed by atoms with E-state index in [2.05, 4.69) is 10.9 Å². The van der Waals surface area contributed by atoms with Crippen LogP contribution in [0.15, 0.2) is 0 Å². The molecule has 1 atom stereocenters. The van der Waals surface area contributed by atoms with Gasteiger partial charge >= 0.3 is 0 Å². The molecule has 1 saturated heterocycles. The Balaban J connectivity index is 2.67. The molecule has 3 N–H and O–H groups in total. The van der Waals surface area contributed by atoms with Crippen molar-refractivity contribution in [3.05, 3.63) is 0 Å². The zero-order chi connectivity index (χ0) is 6.91. The summed E-state index contributed by atoms with van der Waals surface area (Å²) in [5.41, 5.74) is 4.45. The van der Waals surface area contributed by atoms with Gasteiger partial charge in [-0.1, -0.05) is 0 Å². The maximum Gasteiger partial charge on any atom is 0.243 e. The standard InChI is InChI=1S/C5H10N2O2/c1-5(3-8)2-6-7-4(5)9/h6,8H,2-3H2,1H3,(H,7,9). The molecule has 52 valence electrons. The van der Waals surface area contributed by atoms with E-state index in [9.17, 15) is 4.79 Å². The fourth-order valence-electron chi connectivity index (χ4n) is 0.678. The number of hydrogen-bond acceptors (Lipinski definition) is 3. The van der Waals surface area contributed by atoms with Crippen molar-refractivity contribution in [3.8, 4) is 0 Å². The quantitative estimate of drug-likeness (QED) is 0.410. The van der Waals surface area contributed by atoms with Crippen molar-refractivity contribution in [2.24, 2.45) is 5.41 Å². The van der Waals surface area contributed by atoms with E-state index in [-0.39, 0.29) is 12.5 Å². The Bertz CT molecular complexity index is 137. The number of aliphatic hydroxyl groups is 1. The van der Waals surface area contributed by atoms with Crippen LogP contribution in [0.1, 0.15) is 6.92 Å². The predicted octanol–water partition coefficient (Wildman–Crippen LogP) is -1.38. The lowest BCUT2D eigenvalue weighted by Gasteiger charge is -2.13. The van der Waals surface area contributed by atoms with Gasteiger partial charge in [-0.25, -0.2) is 5.43 Å². The van der Waals surface area contributed by atoms with Gasteiger partial charge in [0.05, 0.1) is 12.0 Å². The molecule has 4 nitrogen and oxygen atoms in total. The Morgan fingerprint density at radius 1 is 1.89 bits per heavy atom. The highest BCUT2D eigenvalue weighted by atomic mass is 16.3. The normalized spacial score (nSPS) is 34.7. The molecular formula is C5H10N2O2. The smallest absolute Gasteiger partial charge is 0.243 e. The first-order valence-electron chi connectivity index (χ1n) is 2.83. The molecule has 4 heteroatoms. The topological polar surface area (TPSA) is 61.4 Å². The first-order valence-corrected chi connectivity index (χ1v) is 2.83. The lowest BCUT2D eigenvalue weighted by Crippen LogP contribution is -2.33. The predicted molar refractivity (Wildman–Crippen MR) is 31.3 cm³/mol. The van der Waals surface area contributed by atoms with Crippen molar-refractivity contribution in [2.75, 3.05) is 13.2 Å². The fourth-order valence-corrected chi connectivity index (χ4v) is 0.678. The average Bonchev–Trinajstić information content (AvgIpc) is 2.15. The summed E-state index contributed by atoms with van der Waals surface area (Å²) in [7, 11) is 0. The molecule has 9 heavy (non-hydrogen) atoms. The van der Waals surface area contributed by atoms with Crippen LogP contribution in [-0.4, -0.2) is 24.2 Å². The number of hydrazine groups is 1. The monoisotopic (exact) mass is 130 g/mol. The molecular weight excluding hydrogens is 120 g/mol. The third-order valence-corrected chi connectivity index (χ3v) is 1.58. The highest BCUT2D eigenvalue weighted by Gasteiger charge is 2.36. The van der Waals surface area contributed by atoms with Crippen LogP contribution in [0.4, 0.5) is 0 Å². The third kappa shape index (κ3) is 0.906. The summed E-state index contributed by atoms with van der Waals surface area (Å²) in [6.45, 7) is 2.11. The molecule has 0 radical (unpaired) electrons. The number of hydrogen-bond donors (Lipinski definition) is 3. The van der Waals surface area contributed by atoms with E-state index < -0.39 is 5.41 Å². The van der Waals surface area contributed by atoms with Crippen molar-refractivity contribution in [3.63, 3.8) is 0 Å². The van der Waals surface area contributed by atoms with Crippen LogP contribution >= 0.6 is 0 Å². The van der Waals surface area contributed by atoms with E-state index in [1.807, 2.05) is 0 Å². The van der Waals surface area contributed by atoms with Crippen LogP contribution in [0, 0.1) is 5.41 Å².